The molecule has 0 aliphatic carbocycles. The van der Waals surface area contributed by atoms with E-state index in [0.717, 1.165) is 5.56 Å². The third-order valence-corrected chi connectivity index (χ3v) is 3.42. The van der Waals surface area contributed by atoms with Crippen molar-refractivity contribution in [1.29, 1.82) is 0 Å². The second kappa shape index (κ2) is 9.99. The molecule has 0 bridgehead atoms. The largest absolute Gasteiger partial charge is 0.508 e. The maximum Gasteiger partial charge on any atom is 0.279 e. The fourth-order valence-electron chi connectivity index (χ4n) is 1.97. The summed E-state index contributed by atoms with van der Waals surface area (Å²) >= 11 is 0. The second-order valence-electron chi connectivity index (χ2n) is 5.76. The number of rotatable bonds is 9. The Morgan fingerprint density at radius 3 is 2.27 bits per heavy atom. The van der Waals surface area contributed by atoms with Gasteiger partial charge in [-0.25, -0.2) is 0 Å². The van der Waals surface area contributed by atoms with Crippen molar-refractivity contribution in [2.24, 2.45) is 5.73 Å². The summed E-state index contributed by atoms with van der Waals surface area (Å²) < 4.78 is 0. The molecule has 0 radical (unpaired) electrons. The number of primary amides is 1. The third-order valence-electron chi connectivity index (χ3n) is 3.42. The van der Waals surface area contributed by atoms with E-state index < -0.39 is 35.7 Å². The van der Waals surface area contributed by atoms with Crippen molar-refractivity contribution < 1.29 is 30.0 Å². The van der Waals surface area contributed by atoms with Gasteiger partial charge < -0.3 is 32.5 Å². The van der Waals surface area contributed by atoms with E-state index in [4.69, 9.17) is 5.73 Å². The lowest BCUT2D eigenvalue weighted by atomic mass is 10.1. The van der Waals surface area contributed by atoms with Crippen molar-refractivity contribution in [3.8, 4) is 5.75 Å². The standard InChI is InChI=1S/C16H23N5O5/c1-9(15(25)20-8-14(24)19-7-13(18)23)21-16(26)12(17)6-10-2-4-11(22)5-3-10/h2-5,9,12,22H,6-8,17H2,1H3,(H2,18,23)(H,19,24)(H,20,25)(H,21,26)/p+1/t9-,12-/m1/s1. The highest BCUT2D eigenvalue weighted by atomic mass is 16.3. The van der Waals surface area contributed by atoms with Crippen molar-refractivity contribution in [1.82, 2.24) is 16.0 Å². The number of carbonyl (C=O) groups excluding carboxylic acids is 4. The average Bonchev–Trinajstić information content (AvgIpc) is 2.59. The van der Waals surface area contributed by atoms with E-state index in [1.807, 2.05) is 0 Å². The van der Waals surface area contributed by atoms with Crippen LogP contribution in [0, 0.1) is 0 Å². The van der Waals surface area contributed by atoms with Gasteiger partial charge in [0.1, 0.15) is 11.8 Å². The molecule has 4 amide bonds. The zero-order valence-corrected chi connectivity index (χ0v) is 14.5. The molecule has 9 N–H and O–H groups in total. The van der Waals surface area contributed by atoms with Gasteiger partial charge in [-0.3, -0.25) is 19.2 Å². The first kappa shape index (κ1) is 20.9. The van der Waals surface area contributed by atoms with Crippen LogP contribution in [-0.2, 0) is 25.6 Å². The molecule has 0 spiro atoms. The van der Waals surface area contributed by atoms with E-state index in [2.05, 4.69) is 21.7 Å². The molecule has 10 nitrogen and oxygen atoms in total. The Morgan fingerprint density at radius 1 is 1.08 bits per heavy atom. The number of aromatic hydroxyl groups is 1. The fraction of sp³-hybridized carbons (Fsp3) is 0.375. The van der Waals surface area contributed by atoms with Gasteiger partial charge in [-0.15, -0.1) is 0 Å². The van der Waals surface area contributed by atoms with Gasteiger partial charge >= 0.3 is 0 Å². The van der Waals surface area contributed by atoms with Gasteiger partial charge in [0, 0.05) is 6.42 Å². The number of amides is 4. The van der Waals surface area contributed by atoms with Crippen molar-refractivity contribution >= 4 is 23.6 Å². The van der Waals surface area contributed by atoms with Crippen LogP contribution in [0.3, 0.4) is 0 Å². The van der Waals surface area contributed by atoms with Crippen LogP contribution in [0.25, 0.3) is 0 Å². The Hall–Kier alpha value is -3.14. The normalized spacial score (nSPS) is 12.5. The van der Waals surface area contributed by atoms with Crippen molar-refractivity contribution in [2.75, 3.05) is 13.1 Å². The number of nitrogens with one attached hydrogen (secondary N) is 3. The summed E-state index contributed by atoms with van der Waals surface area (Å²) in [5, 5.41) is 16.3. The predicted octanol–water partition coefficient (Wildman–Crippen LogP) is -3.23. The molecule has 0 aliphatic heterocycles. The van der Waals surface area contributed by atoms with E-state index in [9.17, 15) is 24.3 Å². The van der Waals surface area contributed by atoms with Crippen LogP contribution < -0.4 is 27.4 Å². The number of benzene rings is 1. The second-order valence-corrected chi connectivity index (χ2v) is 5.76. The summed E-state index contributed by atoms with van der Waals surface area (Å²) in [7, 11) is 0. The van der Waals surface area contributed by atoms with Crippen molar-refractivity contribution in [3.05, 3.63) is 29.8 Å². The molecule has 0 saturated heterocycles. The summed E-state index contributed by atoms with van der Waals surface area (Å²) in [5.41, 5.74) is 9.47. The lowest BCUT2D eigenvalue weighted by Crippen LogP contribution is -2.69. The van der Waals surface area contributed by atoms with Crippen molar-refractivity contribution in [2.45, 2.75) is 25.4 Å². The van der Waals surface area contributed by atoms with E-state index in [-0.39, 0.29) is 18.8 Å². The minimum absolute atomic E-state index is 0.129. The highest BCUT2D eigenvalue weighted by Crippen LogP contribution is 2.10. The van der Waals surface area contributed by atoms with Crippen LogP contribution in [0.2, 0.25) is 0 Å². The predicted molar refractivity (Wildman–Crippen MR) is 91.3 cm³/mol. The molecule has 0 aromatic heterocycles. The molecule has 10 heteroatoms. The van der Waals surface area contributed by atoms with Crippen molar-refractivity contribution in [3.63, 3.8) is 0 Å². The zero-order valence-electron chi connectivity index (χ0n) is 14.5. The highest BCUT2D eigenvalue weighted by Gasteiger charge is 2.23. The van der Waals surface area contributed by atoms with Crippen LogP contribution in [0.5, 0.6) is 5.75 Å². The molecule has 0 unspecified atom stereocenters. The summed E-state index contributed by atoms with van der Waals surface area (Å²) in [5.74, 6) is -2.11. The van der Waals surface area contributed by atoms with Crippen LogP contribution in [-0.4, -0.2) is 53.9 Å². The molecule has 0 heterocycles. The van der Waals surface area contributed by atoms with Crippen LogP contribution in [0.1, 0.15) is 12.5 Å². The van der Waals surface area contributed by atoms with Crippen LogP contribution in [0.4, 0.5) is 0 Å². The Labute approximate surface area is 150 Å². The monoisotopic (exact) mass is 366 g/mol. The number of carbonyl (C=O) groups is 4. The number of nitrogens with two attached hydrogens (primary N) is 1. The number of phenolic OH excluding ortho intramolecular Hbond substituents is 1. The van der Waals surface area contributed by atoms with Gasteiger partial charge in [0.2, 0.25) is 17.7 Å². The minimum atomic E-state index is -0.865. The first-order valence-electron chi connectivity index (χ1n) is 7.93. The maximum atomic E-state index is 12.1. The van der Waals surface area contributed by atoms with Gasteiger partial charge in [0.25, 0.3) is 5.91 Å². The highest BCUT2D eigenvalue weighted by molar-refractivity contribution is 5.92. The van der Waals surface area contributed by atoms with Gasteiger partial charge in [-0.05, 0) is 24.6 Å². The fourth-order valence-corrected chi connectivity index (χ4v) is 1.97. The molecule has 0 fully saturated rings. The summed E-state index contributed by atoms with van der Waals surface area (Å²) in [6.07, 6.45) is 0.343. The molecule has 1 rings (SSSR count). The van der Waals surface area contributed by atoms with Gasteiger partial charge in [-0.2, -0.15) is 0 Å². The quantitative estimate of drug-likeness (QED) is 0.268. The maximum absolute atomic E-state index is 12.1. The van der Waals surface area contributed by atoms with E-state index >= 15 is 0 Å². The SMILES string of the molecule is C[C@@H](NC(=O)[C@H]([NH3+])Cc1ccc(O)cc1)C(=O)NCC(=O)NCC(N)=O. The molecule has 0 saturated carbocycles. The molecular weight excluding hydrogens is 342 g/mol. The molecular formula is C16H24N5O5+. The zero-order chi connectivity index (χ0) is 19.7. The molecule has 1 aromatic carbocycles. The third kappa shape index (κ3) is 7.62. The first-order chi connectivity index (χ1) is 12.2. The summed E-state index contributed by atoms with van der Waals surface area (Å²) in [4.78, 5) is 45.9. The van der Waals surface area contributed by atoms with Gasteiger partial charge in [-0.1, -0.05) is 12.1 Å². The molecule has 0 aliphatic rings. The number of phenols is 1. The molecule has 1 aromatic rings. The molecule has 26 heavy (non-hydrogen) atoms. The lowest BCUT2D eigenvalue weighted by molar-refractivity contribution is -0.403. The number of hydrogen-bond acceptors (Lipinski definition) is 5. The Kier molecular flexibility index (Phi) is 8.03. The van der Waals surface area contributed by atoms with Gasteiger partial charge in [0.05, 0.1) is 13.1 Å². The molecule has 2 atom stereocenters. The molecule has 142 valence electrons. The summed E-state index contributed by atoms with van der Waals surface area (Å²) in [6, 6.07) is 4.89. The Bertz CT molecular complexity index is 661. The lowest BCUT2D eigenvalue weighted by Gasteiger charge is -2.16. The smallest absolute Gasteiger partial charge is 0.279 e. The topological polar surface area (TPSA) is 178 Å². The summed E-state index contributed by atoms with van der Waals surface area (Å²) in [6.45, 7) is 0.816. The van der Waals surface area contributed by atoms with E-state index in [1.54, 1.807) is 12.1 Å². The first-order valence-corrected chi connectivity index (χ1v) is 7.93. The number of quaternary nitrogens is 1. The Balaban J connectivity index is 2.39. The van der Waals surface area contributed by atoms with Crippen LogP contribution in [0.15, 0.2) is 24.3 Å². The minimum Gasteiger partial charge on any atom is -0.508 e. The average molecular weight is 366 g/mol. The Morgan fingerprint density at radius 2 is 1.69 bits per heavy atom. The van der Waals surface area contributed by atoms with E-state index in [0.29, 0.717) is 6.42 Å². The van der Waals surface area contributed by atoms with Crippen LogP contribution >= 0.6 is 0 Å². The van der Waals surface area contributed by atoms with Gasteiger partial charge in [0.15, 0.2) is 6.04 Å². The van der Waals surface area contributed by atoms with E-state index in [1.165, 1.54) is 19.1 Å². The number of hydrogen-bond donors (Lipinski definition) is 6.